The van der Waals surface area contributed by atoms with E-state index in [0.717, 1.165) is 23.5 Å². The lowest BCUT2D eigenvalue weighted by molar-refractivity contribution is 0.576. The van der Waals surface area contributed by atoms with Gasteiger partial charge in [-0.05, 0) is 60.7 Å². The minimum absolute atomic E-state index is 0.302. The van der Waals surface area contributed by atoms with Crippen molar-refractivity contribution >= 4 is 33.2 Å². The number of rotatable bonds is 5. The van der Waals surface area contributed by atoms with Gasteiger partial charge in [-0.2, -0.15) is 0 Å². The summed E-state index contributed by atoms with van der Waals surface area (Å²) in [7, 11) is 0. The Hall–Kier alpha value is -1.42. The van der Waals surface area contributed by atoms with Crippen LogP contribution in [0, 0.1) is 0 Å². The second-order valence-corrected chi connectivity index (χ2v) is 6.51. The van der Waals surface area contributed by atoms with Crippen LogP contribution in [-0.4, -0.2) is 11.5 Å². The summed E-state index contributed by atoms with van der Waals surface area (Å²) in [6, 6.07) is 12.6. The summed E-state index contributed by atoms with van der Waals surface area (Å²) in [5.74, 6) is 0. The third-order valence-electron chi connectivity index (χ3n) is 3.60. The summed E-state index contributed by atoms with van der Waals surface area (Å²) in [4.78, 5) is 4.49. The van der Waals surface area contributed by atoms with Crippen molar-refractivity contribution in [2.45, 2.75) is 19.4 Å². The summed E-state index contributed by atoms with van der Waals surface area (Å²) in [6.07, 6.45) is 2.96. The summed E-state index contributed by atoms with van der Waals surface area (Å²) in [5, 5.41) is 6.42. The molecule has 21 heavy (non-hydrogen) atoms. The van der Waals surface area contributed by atoms with Crippen LogP contribution in [0.1, 0.15) is 24.1 Å². The summed E-state index contributed by atoms with van der Waals surface area (Å²) in [6.45, 7) is 3.11. The van der Waals surface area contributed by atoms with E-state index >= 15 is 0 Å². The van der Waals surface area contributed by atoms with Gasteiger partial charge in [-0.1, -0.05) is 23.7 Å². The van der Waals surface area contributed by atoms with Gasteiger partial charge in [0.05, 0.1) is 10.2 Å². The lowest BCUT2D eigenvalue weighted by atomic mass is 10.1. The minimum Gasteiger partial charge on any atom is -0.310 e. The fourth-order valence-corrected chi connectivity index (χ4v) is 3.22. The second kappa shape index (κ2) is 6.56. The van der Waals surface area contributed by atoms with Crippen LogP contribution in [0.15, 0.2) is 48.0 Å². The van der Waals surface area contributed by atoms with Gasteiger partial charge in [-0.15, -0.1) is 11.3 Å². The number of hydrogen-bond donors (Lipinski definition) is 1. The van der Waals surface area contributed by atoms with Crippen molar-refractivity contribution in [2.75, 3.05) is 6.54 Å². The first-order chi connectivity index (χ1) is 10.2. The van der Waals surface area contributed by atoms with E-state index in [4.69, 9.17) is 11.6 Å². The molecular formula is C17H17ClN2S. The first-order valence-electron chi connectivity index (χ1n) is 7.03. The smallest absolute Gasteiger partial charge is 0.0809 e. The lowest BCUT2D eigenvalue weighted by Gasteiger charge is -2.14. The van der Waals surface area contributed by atoms with Gasteiger partial charge in [-0.3, -0.25) is 4.98 Å². The van der Waals surface area contributed by atoms with Gasteiger partial charge in [0.25, 0.3) is 0 Å². The molecule has 0 fully saturated rings. The highest BCUT2D eigenvalue weighted by atomic mass is 35.5. The average Bonchev–Trinajstić information content (AvgIpc) is 2.96. The molecule has 3 aromatic rings. The molecule has 0 saturated heterocycles. The Morgan fingerprint density at radius 3 is 2.86 bits per heavy atom. The van der Waals surface area contributed by atoms with E-state index in [2.05, 4.69) is 46.9 Å². The van der Waals surface area contributed by atoms with Crippen molar-refractivity contribution in [1.29, 1.82) is 0 Å². The Balaban J connectivity index is 1.58. The Kier molecular flexibility index (Phi) is 4.54. The maximum Gasteiger partial charge on any atom is 0.0809 e. The Labute approximate surface area is 133 Å². The molecule has 1 unspecified atom stereocenters. The van der Waals surface area contributed by atoms with Crippen LogP contribution in [0.25, 0.3) is 10.2 Å². The molecule has 0 spiro atoms. The first kappa shape index (κ1) is 14.5. The van der Waals surface area contributed by atoms with Crippen molar-refractivity contribution in [3.63, 3.8) is 0 Å². The zero-order chi connectivity index (χ0) is 14.7. The molecular weight excluding hydrogens is 300 g/mol. The Morgan fingerprint density at radius 2 is 2.05 bits per heavy atom. The number of nitrogens with one attached hydrogen (secondary N) is 1. The number of aromatic nitrogens is 1. The topological polar surface area (TPSA) is 24.9 Å². The van der Waals surface area contributed by atoms with E-state index in [-0.39, 0.29) is 0 Å². The molecule has 2 aromatic heterocycles. The number of fused-ring (bicyclic) bond motifs is 1. The van der Waals surface area contributed by atoms with Crippen LogP contribution in [-0.2, 0) is 6.42 Å². The van der Waals surface area contributed by atoms with Crippen molar-refractivity contribution in [1.82, 2.24) is 10.3 Å². The predicted molar refractivity (Wildman–Crippen MR) is 91.2 cm³/mol. The third-order valence-corrected chi connectivity index (χ3v) is 4.71. The molecule has 0 amide bonds. The molecule has 1 N–H and O–H groups in total. The lowest BCUT2D eigenvalue weighted by Crippen LogP contribution is -2.21. The number of nitrogens with zero attached hydrogens (tertiary/aromatic N) is 1. The molecule has 0 aliphatic rings. The highest BCUT2D eigenvalue weighted by Gasteiger charge is 2.07. The molecule has 108 valence electrons. The van der Waals surface area contributed by atoms with Crippen LogP contribution in [0.4, 0.5) is 0 Å². The Morgan fingerprint density at radius 1 is 1.24 bits per heavy atom. The largest absolute Gasteiger partial charge is 0.310 e. The van der Waals surface area contributed by atoms with Gasteiger partial charge < -0.3 is 5.32 Å². The number of benzene rings is 1. The van der Waals surface area contributed by atoms with E-state index in [0.29, 0.717) is 6.04 Å². The first-order valence-corrected chi connectivity index (χ1v) is 8.29. The zero-order valence-electron chi connectivity index (χ0n) is 11.8. The van der Waals surface area contributed by atoms with Crippen LogP contribution >= 0.6 is 22.9 Å². The molecule has 0 bridgehead atoms. The summed E-state index contributed by atoms with van der Waals surface area (Å²) >= 11 is 7.63. The number of thiophene rings is 1. The highest BCUT2D eigenvalue weighted by molar-refractivity contribution is 7.17. The van der Waals surface area contributed by atoms with Crippen molar-refractivity contribution in [3.8, 4) is 0 Å². The molecule has 1 aromatic carbocycles. The quantitative estimate of drug-likeness (QED) is 0.728. The molecule has 2 nitrogen and oxygen atoms in total. The molecule has 0 aliphatic carbocycles. The SMILES string of the molecule is CC(NCCc1ccc(Cl)cc1)c1cnc2ccsc2c1. The highest BCUT2D eigenvalue weighted by Crippen LogP contribution is 2.22. The summed E-state index contributed by atoms with van der Waals surface area (Å²) < 4.78 is 1.25. The average molecular weight is 317 g/mol. The normalized spacial score (nSPS) is 12.7. The van der Waals surface area contributed by atoms with Gasteiger partial charge >= 0.3 is 0 Å². The van der Waals surface area contributed by atoms with E-state index in [1.165, 1.54) is 15.8 Å². The molecule has 4 heteroatoms. The Bertz CT molecular complexity index is 721. The summed E-state index contributed by atoms with van der Waals surface area (Å²) in [5.41, 5.74) is 3.61. The van der Waals surface area contributed by atoms with E-state index in [1.54, 1.807) is 11.3 Å². The standard InChI is InChI=1S/C17H17ClN2S/c1-12(14-10-17-16(20-11-14)7-9-21-17)19-8-6-13-2-4-15(18)5-3-13/h2-5,7,9-12,19H,6,8H2,1H3. The maximum atomic E-state index is 5.89. The zero-order valence-corrected chi connectivity index (χ0v) is 13.4. The van der Waals surface area contributed by atoms with Gasteiger partial charge in [-0.25, -0.2) is 0 Å². The van der Waals surface area contributed by atoms with E-state index in [9.17, 15) is 0 Å². The molecule has 0 saturated carbocycles. The van der Waals surface area contributed by atoms with Crippen LogP contribution in [0.5, 0.6) is 0 Å². The predicted octanol–water partition coefficient (Wildman–Crippen LogP) is 4.84. The molecule has 0 aliphatic heterocycles. The van der Waals surface area contributed by atoms with Crippen LogP contribution < -0.4 is 5.32 Å². The minimum atomic E-state index is 0.302. The van der Waals surface area contributed by atoms with E-state index < -0.39 is 0 Å². The number of pyridine rings is 1. The molecule has 3 rings (SSSR count). The molecule has 2 heterocycles. The van der Waals surface area contributed by atoms with Crippen molar-refractivity contribution in [3.05, 3.63) is 64.1 Å². The number of hydrogen-bond acceptors (Lipinski definition) is 3. The second-order valence-electron chi connectivity index (χ2n) is 5.12. The molecule has 0 radical (unpaired) electrons. The van der Waals surface area contributed by atoms with Crippen molar-refractivity contribution in [2.24, 2.45) is 0 Å². The maximum absolute atomic E-state index is 5.89. The van der Waals surface area contributed by atoms with Crippen LogP contribution in [0.2, 0.25) is 5.02 Å². The van der Waals surface area contributed by atoms with Gasteiger partial charge in [0.1, 0.15) is 0 Å². The monoisotopic (exact) mass is 316 g/mol. The van der Waals surface area contributed by atoms with Gasteiger partial charge in [0.2, 0.25) is 0 Å². The molecule has 1 atom stereocenters. The van der Waals surface area contributed by atoms with Gasteiger partial charge in [0.15, 0.2) is 0 Å². The fourth-order valence-electron chi connectivity index (χ4n) is 2.30. The fraction of sp³-hybridized carbons (Fsp3) is 0.235. The van der Waals surface area contributed by atoms with Crippen molar-refractivity contribution < 1.29 is 0 Å². The van der Waals surface area contributed by atoms with Gasteiger partial charge in [0, 0.05) is 17.3 Å². The number of halogens is 1. The van der Waals surface area contributed by atoms with Crippen LogP contribution in [0.3, 0.4) is 0 Å². The third kappa shape index (κ3) is 3.62. The van der Waals surface area contributed by atoms with E-state index in [1.807, 2.05) is 18.3 Å².